The highest BCUT2D eigenvalue weighted by Gasteiger charge is 2.37. The zero-order valence-electron chi connectivity index (χ0n) is 15.1. The van der Waals surface area contributed by atoms with Gasteiger partial charge in [0.05, 0.1) is 6.54 Å². The minimum absolute atomic E-state index is 0.202. The molecule has 1 aliphatic heterocycles. The highest BCUT2D eigenvalue weighted by molar-refractivity contribution is 7.87. The Balaban J connectivity index is 1.65. The van der Waals surface area contributed by atoms with Crippen LogP contribution in [0.1, 0.15) is 18.1 Å². The number of nitrogens with one attached hydrogen (secondary N) is 1. The summed E-state index contributed by atoms with van der Waals surface area (Å²) in [7, 11) is -3.68. The Hall–Kier alpha value is -1.93. The summed E-state index contributed by atoms with van der Waals surface area (Å²) in [4.78, 5) is 12.4. The van der Waals surface area contributed by atoms with Crippen molar-refractivity contribution >= 4 is 33.4 Å². The molecule has 6 nitrogen and oxygen atoms in total. The van der Waals surface area contributed by atoms with Gasteiger partial charge in [0.1, 0.15) is 0 Å². The van der Waals surface area contributed by atoms with Gasteiger partial charge in [0.2, 0.25) is 5.91 Å². The van der Waals surface area contributed by atoms with E-state index in [0.29, 0.717) is 11.6 Å². The van der Waals surface area contributed by atoms with E-state index >= 15 is 0 Å². The predicted octanol–water partition coefficient (Wildman–Crippen LogP) is 2.90. The van der Waals surface area contributed by atoms with Crippen LogP contribution in [0, 0.1) is 0 Å². The lowest BCUT2D eigenvalue weighted by Gasteiger charge is -2.19. The fourth-order valence-corrected chi connectivity index (χ4v) is 4.83. The maximum Gasteiger partial charge on any atom is 0.282 e. The lowest BCUT2D eigenvalue weighted by Crippen LogP contribution is -2.38. The van der Waals surface area contributed by atoms with Gasteiger partial charge in [-0.2, -0.15) is 17.0 Å². The van der Waals surface area contributed by atoms with Gasteiger partial charge in [0.15, 0.2) is 0 Å². The Morgan fingerprint density at radius 2 is 1.85 bits per heavy atom. The number of aryl methyl sites for hydroxylation is 1. The lowest BCUT2D eigenvalue weighted by molar-refractivity contribution is -0.116. The largest absolute Gasteiger partial charge is 0.325 e. The van der Waals surface area contributed by atoms with Crippen LogP contribution < -0.4 is 5.32 Å². The summed E-state index contributed by atoms with van der Waals surface area (Å²) in [6, 6.07) is 14.6. The predicted molar refractivity (Wildman–Crippen MR) is 107 cm³/mol. The molecule has 1 aliphatic rings. The van der Waals surface area contributed by atoms with E-state index in [0.717, 1.165) is 23.2 Å². The molecule has 0 spiro atoms. The minimum atomic E-state index is -3.68. The Kier molecular flexibility index (Phi) is 6.16. The first-order chi connectivity index (χ1) is 12.9. The van der Waals surface area contributed by atoms with Crippen molar-refractivity contribution in [1.82, 2.24) is 8.61 Å². The molecule has 8 heteroatoms. The molecule has 3 rings (SSSR count). The maximum atomic E-state index is 12.7. The summed E-state index contributed by atoms with van der Waals surface area (Å²) in [6.07, 6.45) is 0.784. The van der Waals surface area contributed by atoms with Crippen LogP contribution in [0.2, 0.25) is 5.02 Å². The number of halogens is 1. The number of rotatable bonds is 6. The third-order valence-corrected chi connectivity index (χ3v) is 6.66. The number of para-hydroxylation sites is 1. The normalized spacial score (nSPS) is 17.1. The van der Waals surface area contributed by atoms with Crippen molar-refractivity contribution in [2.75, 3.05) is 25.0 Å². The molecule has 0 unspecified atom stereocenters. The average molecular weight is 408 g/mol. The smallest absolute Gasteiger partial charge is 0.282 e. The van der Waals surface area contributed by atoms with E-state index in [1.807, 2.05) is 37.3 Å². The van der Waals surface area contributed by atoms with Gasteiger partial charge >= 0.3 is 0 Å². The molecule has 0 aromatic heterocycles. The molecule has 0 atom stereocenters. The topological polar surface area (TPSA) is 69.7 Å². The van der Waals surface area contributed by atoms with Crippen molar-refractivity contribution in [3.8, 4) is 0 Å². The molecule has 144 valence electrons. The molecule has 1 heterocycles. The first-order valence-electron chi connectivity index (χ1n) is 8.77. The maximum absolute atomic E-state index is 12.7. The molecule has 0 saturated carbocycles. The van der Waals surface area contributed by atoms with Gasteiger partial charge in [0, 0.05) is 30.3 Å². The summed E-state index contributed by atoms with van der Waals surface area (Å²) in [5.41, 5.74) is 2.55. The molecule has 1 fully saturated rings. The second-order valence-electron chi connectivity index (χ2n) is 6.36. The van der Waals surface area contributed by atoms with Crippen LogP contribution in [0.3, 0.4) is 0 Å². The first kappa shape index (κ1) is 19.8. The van der Waals surface area contributed by atoms with Gasteiger partial charge < -0.3 is 5.32 Å². The third kappa shape index (κ3) is 4.68. The zero-order chi connectivity index (χ0) is 19.4. The van der Waals surface area contributed by atoms with Gasteiger partial charge in [-0.05, 0) is 35.7 Å². The van der Waals surface area contributed by atoms with Gasteiger partial charge in [0.25, 0.3) is 10.2 Å². The van der Waals surface area contributed by atoms with Gasteiger partial charge in [-0.15, -0.1) is 0 Å². The number of benzene rings is 2. The monoisotopic (exact) mass is 407 g/mol. The van der Waals surface area contributed by atoms with Crippen molar-refractivity contribution in [2.45, 2.75) is 19.9 Å². The molecule has 1 N–H and O–H groups in total. The van der Waals surface area contributed by atoms with Crippen LogP contribution in [-0.4, -0.2) is 42.6 Å². The molecular formula is C19H22ClN3O3S. The number of carbonyl (C=O) groups excluding carboxylic acids is 1. The van der Waals surface area contributed by atoms with E-state index in [2.05, 4.69) is 5.32 Å². The molecule has 2 aromatic carbocycles. The second kappa shape index (κ2) is 8.39. The Bertz CT molecular complexity index is 933. The molecule has 1 saturated heterocycles. The molecule has 1 amide bonds. The van der Waals surface area contributed by atoms with E-state index in [4.69, 9.17) is 11.6 Å². The van der Waals surface area contributed by atoms with Crippen molar-refractivity contribution in [3.63, 3.8) is 0 Å². The number of anilines is 1. The summed E-state index contributed by atoms with van der Waals surface area (Å²) in [5, 5.41) is 3.38. The van der Waals surface area contributed by atoms with Crippen LogP contribution in [0.25, 0.3) is 0 Å². The van der Waals surface area contributed by atoms with Crippen molar-refractivity contribution in [3.05, 3.63) is 64.7 Å². The fraction of sp³-hybridized carbons (Fsp3) is 0.316. The van der Waals surface area contributed by atoms with Crippen molar-refractivity contribution < 1.29 is 13.2 Å². The minimum Gasteiger partial charge on any atom is -0.325 e. The molecule has 0 aliphatic carbocycles. The highest BCUT2D eigenvalue weighted by atomic mass is 35.5. The van der Waals surface area contributed by atoms with E-state index in [-0.39, 0.29) is 25.5 Å². The van der Waals surface area contributed by atoms with Crippen LogP contribution in [0.5, 0.6) is 0 Å². The third-order valence-electron chi connectivity index (χ3n) is 4.49. The number of nitrogens with zero attached hydrogens (tertiary/aromatic N) is 2. The standard InChI is InChI=1S/C19H22ClN3O3S/c1-2-16-7-3-4-9-18(16)21-19(24)14-23-11-10-22(27(23,25)26)13-15-6-5-8-17(20)12-15/h3-9,12H,2,10-11,13-14H2,1H3,(H,21,24). The zero-order valence-corrected chi connectivity index (χ0v) is 16.6. The molecule has 0 radical (unpaired) electrons. The second-order valence-corrected chi connectivity index (χ2v) is 8.73. The SMILES string of the molecule is CCc1ccccc1NC(=O)CN1CCN(Cc2cccc(Cl)c2)S1(=O)=O. The van der Waals surface area contributed by atoms with E-state index in [1.165, 1.54) is 8.61 Å². The Morgan fingerprint density at radius 1 is 1.11 bits per heavy atom. The molecule has 27 heavy (non-hydrogen) atoms. The number of amides is 1. The highest BCUT2D eigenvalue weighted by Crippen LogP contribution is 2.21. The molecule has 2 aromatic rings. The Morgan fingerprint density at radius 3 is 2.59 bits per heavy atom. The quantitative estimate of drug-likeness (QED) is 0.800. The number of hydrogen-bond donors (Lipinski definition) is 1. The van der Waals surface area contributed by atoms with Crippen LogP contribution in [0.15, 0.2) is 48.5 Å². The summed E-state index contributed by atoms with van der Waals surface area (Å²) < 4.78 is 28.0. The van der Waals surface area contributed by atoms with E-state index in [9.17, 15) is 13.2 Å². The lowest BCUT2D eigenvalue weighted by atomic mass is 10.1. The van der Waals surface area contributed by atoms with Crippen molar-refractivity contribution in [1.29, 1.82) is 0 Å². The average Bonchev–Trinajstić information content (AvgIpc) is 2.90. The number of hydrogen-bond acceptors (Lipinski definition) is 3. The summed E-state index contributed by atoms with van der Waals surface area (Å²) >= 11 is 5.97. The first-order valence-corrected chi connectivity index (χ1v) is 10.5. The van der Waals surface area contributed by atoms with Gasteiger partial charge in [-0.25, -0.2) is 0 Å². The van der Waals surface area contributed by atoms with Crippen LogP contribution in [-0.2, 0) is 28.0 Å². The molecular weight excluding hydrogens is 386 g/mol. The Labute approximate surface area is 164 Å². The fourth-order valence-electron chi connectivity index (χ4n) is 3.08. The summed E-state index contributed by atoms with van der Waals surface area (Å²) in [5.74, 6) is -0.343. The van der Waals surface area contributed by atoms with Crippen LogP contribution >= 0.6 is 11.6 Å². The summed E-state index contributed by atoms with van der Waals surface area (Å²) in [6.45, 7) is 2.66. The van der Waals surface area contributed by atoms with E-state index < -0.39 is 10.2 Å². The van der Waals surface area contributed by atoms with Gasteiger partial charge in [-0.3, -0.25) is 4.79 Å². The van der Waals surface area contributed by atoms with Gasteiger partial charge in [-0.1, -0.05) is 48.9 Å². The van der Waals surface area contributed by atoms with Crippen molar-refractivity contribution in [2.24, 2.45) is 0 Å². The number of carbonyl (C=O) groups is 1. The molecule has 0 bridgehead atoms. The van der Waals surface area contributed by atoms with Crippen LogP contribution in [0.4, 0.5) is 5.69 Å². The van der Waals surface area contributed by atoms with E-state index in [1.54, 1.807) is 18.2 Å².